The Morgan fingerprint density at radius 2 is 1.51 bits per heavy atom. The van der Waals surface area contributed by atoms with Crippen LogP contribution in [0.25, 0.3) is 6.08 Å². The van der Waals surface area contributed by atoms with Gasteiger partial charge in [-0.2, -0.15) is 0 Å². The summed E-state index contributed by atoms with van der Waals surface area (Å²) >= 11 is 6.15. The molecule has 0 radical (unpaired) electrons. The molecule has 1 aliphatic rings. The number of halogens is 1. The van der Waals surface area contributed by atoms with Crippen molar-refractivity contribution in [1.82, 2.24) is 9.80 Å². The first-order chi connectivity index (χ1) is 21.9. The van der Waals surface area contributed by atoms with Crippen LogP contribution in [0.5, 0.6) is 17.2 Å². The van der Waals surface area contributed by atoms with E-state index in [9.17, 15) is 4.79 Å². The number of methoxy groups -OCH3 is 3. The number of nitrogens with zero attached hydrogens (tertiary/aromatic N) is 2. The number of carbonyl (C=O) groups is 1. The number of benzene rings is 3. The minimum atomic E-state index is -0.609. The Kier molecular flexibility index (Phi) is 13.1. The van der Waals surface area contributed by atoms with Crippen LogP contribution in [-0.2, 0) is 24.6 Å². The van der Waals surface area contributed by atoms with Gasteiger partial charge in [0, 0.05) is 50.9 Å². The largest absolute Gasteiger partial charge is 0.493 e. The van der Waals surface area contributed by atoms with E-state index in [0.29, 0.717) is 55.2 Å². The van der Waals surface area contributed by atoms with Gasteiger partial charge >= 0.3 is 0 Å². The molecule has 0 aromatic heterocycles. The van der Waals surface area contributed by atoms with Crippen molar-refractivity contribution in [2.45, 2.75) is 12.5 Å². The molecule has 1 atom stereocenters. The van der Waals surface area contributed by atoms with Crippen LogP contribution in [0, 0.1) is 0 Å². The maximum absolute atomic E-state index is 13.0. The van der Waals surface area contributed by atoms with Crippen molar-refractivity contribution >= 4 is 23.6 Å². The molecule has 0 saturated carbocycles. The molecule has 9 nitrogen and oxygen atoms in total. The molecule has 1 heterocycles. The first-order valence-corrected chi connectivity index (χ1v) is 15.4. The molecular formula is C35H43ClN2O7. The van der Waals surface area contributed by atoms with Gasteiger partial charge < -0.3 is 33.3 Å². The third kappa shape index (κ3) is 9.45. The average Bonchev–Trinajstić information content (AvgIpc) is 3.08. The first-order valence-electron chi connectivity index (χ1n) is 15.0. The lowest BCUT2D eigenvalue weighted by Crippen LogP contribution is -2.49. The highest BCUT2D eigenvalue weighted by Gasteiger charge is 2.30. The van der Waals surface area contributed by atoms with Gasteiger partial charge in [0.2, 0.25) is 11.7 Å². The molecule has 0 bridgehead atoms. The Bertz CT molecular complexity index is 1350. The van der Waals surface area contributed by atoms with Crippen molar-refractivity contribution in [2.24, 2.45) is 0 Å². The van der Waals surface area contributed by atoms with E-state index < -0.39 is 5.60 Å². The number of amides is 1. The van der Waals surface area contributed by atoms with Crippen molar-refractivity contribution in [2.75, 3.05) is 80.7 Å². The summed E-state index contributed by atoms with van der Waals surface area (Å²) < 4.78 is 33.7. The average molecular weight is 639 g/mol. The number of carbonyl (C=O) groups excluding carboxylic acids is 1. The second-order valence-electron chi connectivity index (χ2n) is 10.7. The van der Waals surface area contributed by atoms with Gasteiger partial charge in [0.05, 0.1) is 34.0 Å². The summed E-state index contributed by atoms with van der Waals surface area (Å²) in [4.78, 5) is 17.2. The van der Waals surface area contributed by atoms with E-state index >= 15 is 0 Å². The molecule has 1 unspecified atom stereocenters. The third-order valence-corrected chi connectivity index (χ3v) is 8.07. The van der Waals surface area contributed by atoms with E-state index in [2.05, 4.69) is 24.0 Å². The van der Waals surface area contributed by atoms with E-state index in [0.717, 1.165) is 36.3 Å². The van der Waals surface area contributed by atoms with E-state index in [1.165, 1.54) is 0 Å². The van der Waals surface area contributed by atoms with E-state index in [4.69, 9.17) is 40.0 Å². The Hall–Kier alpha value is -3.60. The molecular weight excluding hydrogens is 596 g/mol. The number of hydrogen-bond acceptors (Lipinski definition) is 8. The van der Waals surface area contributed by atoms with Gasteiger partial charge in [0.25, 0.3) is 0 Å². The van der Waals surface area contributed by atoms with E-state index in [1.54, 1.807) is 45.6 Å². The molecule has 3 aromatic rings. The molecule has 1 aliphatic heterocycles. The van der Waals surface area contributed by atoms with Crippen molar-refractivity contribution in [3.8, 4) is 17.2 Å². The molecule has 242 valence electrons. The summed E-state index contributed by atoms with van der Waals surface area (Å²) in [6, 6.07) is 21.6. The van der Waals surface area contributed by atoms with Crippen LogP contribution < -0.4 is 14.2 Å². The van der Waals surface area contributed by atoms with Crippen molar-refractivity contribution in [3.63, 3.8) is 0 Å². The molecule has 0 aliphatic carbocycles. The molecule has 45 heavy (non-hydrogen) atoms. The minimum absolute atomic E-state index is 0.0244. The van der Waals surface area contributed by atoms with Crippen LogP contribution in [0.1, 0.15) is 23.6 Å². The molecule has 10 heteroatoms. The lowest BCUT2D eigenvalue weighted by Gasteiger charge is -2.36. The zero-order chi connectivity index (χ0) is 32.1. The lowest BCUT2D eigenvalue weighted by molar-refractivity contribution is -0.127. The number of ether oxygens (including phenoxy) is 6. The van der Waals surface area contributed by atoms with Gasteiger partial charge in [-0.3, -0.25) is 9.69 Å². The quantitative estimate of drug-likeness (QED) is 0.116. The monoisotopic (exact) mass is 638 g/mol. The summed E-state index contributed by atoms with van der Waals surface area (Å²) in [6.45, 7) is 7.12. The van der Waals surface area contributed by atoms with Crippen LogP contribution in [0.4, 0.5) is 0 Å². The summed E-state index contributed by atoms with van der Waals surface area (Å²) in [5, 5.41) is 0.693. The van der Waals surface area contributed by atoms with Gasteiger partial charge in [-0.1, -0.05) is 54.1 Å². The standard InChI is InChI=1S/C35H43ClN2O7/c1-35(28-8-6-5-7-9-28,29-11-13-30(36)14-12-29)45-21-20-37-16-18-38(19-17-37)33(39)15-10-27-24-31(41-3)34(32(25-27)42-4)44-26-43-23-22-40-2/h5-15,24-25H,16-23,26H2,1-4H3. The molecule has 4 rings (SSSR count). The van der Waals surface area contributed by atoms with Crippen molar-refractivity contribution in [3.05, 3.63) is 94.5 Å². The lowest BCUT2D eigenvalue weighted by atomic mass is 9.88. The predicted octanol–water partition coefficient (Wildman–Crippen LogP) is 5.49. The van der Waals surface area contributed by atoms with E-state index in [1.807, 2.05) is 47.4 Å². The molecule has 1 amide bonds. The Morgan fingerprint density at radius 3 is 2.13 bits per heavy atom. The Balaban J connectivity index is 1.29. The second-order valence-corrected chi connectivity index (χ2v) is 11.1. The van der Waals surface area contributed by atoms with Crippen LogP contribution >= 0.6 is 11.6 Å². The summed E-state index contributed by atoms with van der Waals surface area (Å²) in [5.41, 5.74) is 2.27. The number of hydrogen-bond donors (Lipinski definition) is 0. The summed E-state index contributed by atoms with van der Waals surface area (Å²) in [5.74, 6) is 1.34. The molecule has 1 fully saturated rings. The van der Waals surface area contributed by atoms with Crippen LogP contribution in [0.3, 0.4) is 0 Å². The second kappa shape index (κ2) is 17.2. The van der Waals surface area contributed by atoms with Crippen molar-refractivity contribution in [1.29, 1.82) is 0 Å². The molecule has 0 N–H and O–H groups in total. The fraction of sp³-hybridized carbons (Fsp3) is 0.400. The number of piperazine rings is 1. The molecule has 0 spiro atoms. The van der Waals surface area contributed by atoms with Gasteiger partial charge in [-0.05, 0) is 54.0 Å². The topological polar surface area (TPSA) is 78.9 Å². The van der Waals surface area contributed by atoms with Crippen molar-refractivity contribution < 1.29 is 33.2 Å². The van der Waals surface area contributed by atoms with Gasteiger partial charge in [0.1, 0.15) is 5.60 Å². The minimum Gasteiger partial charge on any atom is -0.493 e. The van der Waals surface area contributed by atoms with Gasteiger partial charge in [-0.25, -0.2) is 0 Å². The van der Waals surface area contributed by atoms with Crippen LogP contribution in [0.15, 0.2) is 72.8 Å². The Morgan fingerprint density at radius 1 is 0.867 bits per heavy atom. The SMILES string of the molecule is COCCOCOc1c(OC)cc(C=CC(=O)N2CCN(CCOC(C)(c3ccccc3)c3ccc(Cl)cc3)CC2)cc1OC. The fourth-order valence-electron chi connectivity index (χ4n) is 5.14. The zero-order valence-electron chi connectivity index (χ0n) is 26.5. The third-order valence-electron chi connectivity index (χ3n) is 7.82. The first kappa shape index (κ1) is 34.3. The highest BCUT2D eigenvalue weighted by Crippen LogP contribution is 2.39. The number of rotatable bonds is 16. The highest BCUT2D eigenvalue weighted by atomic mass is 35.5. The smallest absolute Gasteiger partial charge is 0.246 e. The van der Waals surface area contributed by atoms with Gasteiger partial charge in [-0.15, -0.1) is 0 Å². The van der Waals surface area contributed by atoms with Crippen LogP contribution in [-0.4, -0.2) is 96.4 Å². The van der Waals surface area contributed by atoms with E-state index in [-0.39, 0.29) is 12.7 Å². The summed E-state index contributed by atoms with van der Waals surface area (Å²) in [6.07, 6.45) is 3.34. The van der Waals surface area contributed by atoms with Gasteiger partial charge in [0.15, 0.2) is 18.3 Å². The van der Waals surface area contributed by atoms with Crippen LogP contribution in [0.2, 0.25) is 5.02 Å². The molecule has 3 aromatic carbocycles. The fourth-order valence-corrected chi connectivity index (χ4v) is 5.27. The summed E-state index contributed by atoms with van der Waals surface area (Å²) in [7, 11) is 4.71. The zero-order valence-corrected chi connectivity index (χ0v) is 27.3. The maximum atomic E-state index is 13.0. The Labute approximate surface area is 271 Å². The molecule has 1 saturated heterocycles. The highest BCUT2D eigenvalue weighted by molar-refractivity contribution is 6.30. The maximum Gasteiger partial charge on any atom is 0.246 e. The predicted molar refractivity (Wildman–Crippen MR) is 175 cm³/mol. The normalized spacial score (nSPS) is 15.2.